The quantitative estimate of drug-likeness (QED) is 0.848. The van der Waals surface area contributed by atoms with Crippen molar-refractivity contribution < 1.29 is 22.4 Å². The van der Waals surface area contributed by atoms with Gasteiger partial charge in [-0.3, -0.25) is 10.1 Å². The van der Waals surface area contributed by atoms with Gasteiger partial charge in [0, 0.05) is 4.90 Å². The number of oxazole rings is 1. The van der Waals surface area contributed by atoms with Crippen molar-refractivity contribution in [1.29, 1.82) is 0 Å². The van der Waals surface area contributed by atoms with Gasteiger partial charge in [-0.25, -0.2) is 4.98 Å². The van der Waals surface area contributed by atoms with Crippen molar-refractivity contribution in [3.05, 3.63) is 40.7 Å². The highest BCUT2D eigenvalue weighted by Crippen LogP contribution is 2.41. The van der Waals surface area contributed by atoms with Crippen LogP contribution in [-0.4, -0.2) is 17.1 Å². The minimum Gasteiger partial charge on any atom is -0.432 e. The minimum atomic E-state index is -4.54. The highest BCUT2D eigenvalue weighted by molar-refractivity contribution is 7.98. The Kier molecular flexibility index (Phi) is 4.48. The molecule has 21 heavy (non-hydrogen) atoms. The molecule has 1 N–H and O–H groups in total. The van der Waals surface area contributed by atoms with Crippen LogP contribution < -0.4 is 5.32 Å². The first-order chi connectivity index (χ1) is 9.84. The zero-order chi connectivity index (χ0) is 15.6. The summed E-state index contributed by atoms with van der Waals surface area (Å²) in [7, 11) is 0. The second-order valence-corrected chi connectivity index (χ2v) is 4.99. The lowest BCUT2D eigenvalue weighted by atomic mass is 10.1. The molecule has 0 aliphatic carbocycles. The number of thioether (sulfide) groups is 1. The number of carbonyl (C=O) groups is 1. The van der Waals surface area contributed by atoms with Gasteiger partial charge in [-0.05, 0) is 18.4 Å². The van der Waals surface area contributed by atoms with Gasteiger partial charge in [-0.15, -0.1) is 11.8 Å². The molecule has 0 aliphatic heterocycles. The van der Waals surface area contributed by atoms with Gasteiger partial charge in [0.15, 0.2) is 0 Å². The Morgan fingerprint density at radius 2 is 2.14 bits per heavy atom. The first kappa shape index (κ1) is 15.7. The van der Waals surface area contributed by atoms with Crippen LogP contribution in [0.25, 0.3) is 0 Å². The maximum atomic E-state index is 12.9. The molecule has 0 atom stereocenters. The van der Waals surface area contributed by atoms with Crippen molar-refractivity contribution in [2.24, 2.45) is 0 Å². The van der Waals surface area contributed by atoms with E-state index in [-0.39, 0.29) is 21.5 Å². The molecule has 0 saturated heterocycles. The lowest BCUT2D eigenvalue weighted by molar-refractivity contribution is -0.139. The molecule has 0 saturated carbocycles. The minimum absolute atomic E-state index is 0.0679. The summed E-state index contributed by atoms with van der Waals surface area (Å²) in [6.45, 7) is 0. The molecule has 1 aromatic heterocycles. The van der Waals surface area contributed by atoms with Gasteiger partial charge in [0.05, 0.1) is 22.3 Å². The molecule has 0 radical (unpaired) electrons. The summed E-state index contributed by atoms with van der Waals surface area (Å²) < 4.78 is 43.4. The highest BCUT2D eigenvalue weighted by atomic mass is 35.5. The molecule has 1 aromatic carbocycles. The number of hydrogen-bond donors (Lipinski definition) is 1. The molecular formula is C12H8ClF3N2O2S. The smallest absolute Gasteiger partial charge is 0.417 e. The Morgan fingerprint density at radius 3 is 2.67 bits per heavy atom. The third-order valence-electron chi connectivity index (χ3n) is 2.50. The van der Waals surface area contributed by atoms with Crippen LogP contribution in [0.2, 0.25) is 5.02 Å². The van der Waals surface area contributed by atoms with Crippen LogP contribution in [0.3, 0.4) is 0 Å². The molecule has 0 bridgehead atoms. The molecule has 4 nitrogen and oxygen atoms in total. The van der Waals surface area contributed by atoms with Crippen molar-refractivity contribution in [2.75, 3.05) is 11.6 Å². The van der Waals surface area contributed by atoms with E-state index < -0.39 is 17.6 Å². The van der Waals surface area contributed by atoms with Crippen molar-refractivity contribution in [3.63, 3.8) is 0 Å². The molecule has 112 valence electrons. The summed E-state index contributed by atoms with van der Waals surface area (Å²) in [5.74, 6) is -0.702. The number of halogens is 4. The van der Waals surface area contributed by atoms with Gasteiger partial charge in [0.1, 0.15) is 6.26 Å². The zero-order valence-corrected chi connectivity index (χ0v) is 12.1. The number of benzene rings is 1. The molecule has 2 rings (SSSR count). The SMILES string of the molecule is CSc1c(C(F)(F)F)ccc(C(=O)Nc2ncco2)c1Cl. The Labute approximate surface area is 126 Å². The summed E-state index contributed by atoms with van der Waals surface area (Å²) >= 11 is 6.74. The first-order valence-electron chi connectivity index (χ1n) is 5.49. The largest absolute Gasteiger partial charge is 0.432 e. The van der Waals surface area contributed by atoms with Gasteiger partial charge in [-0.2, -0.15) is 13.2 Å². The van der Waals surface area contributed by atoms with E-state index in [1.807, 2.05) is 0 Å². The second-order valence-electron chi connectivity index (χ2n) is 3.80. The molecule has 0 aliphatic rings. The van der Waals surface area contributed by atoms with Crippen LogP contribution in [0.5, 0.6) is 0 Å². The number of aromatic nitrogens is 1. The van der Waals surface area contributed by atoms with E-state index in [1.54, 1.807) is 0 Å². The predicted octanol–water partition coefficient (Wildman–Crippen LogP) is 4.32. The van der Waals surface area contributed by atoms with Crippen LogP contribution in [0.4, 0.5) is 19.2 Å². The third kappa shape index (κ3) is 3.33. The maximum Gasteiger partial charge on any atom is 0.417 e. The number of alkyl halides is 3. The van der Waals surface area contributed by atoms with Crippen molar-refractivity contribution in [1.82, 2.24) is 4.98 Å². The van der Waals surface area contributed by atoms with Gasteiger partial charge in [-0.1, -0.05) is 11.6 Å². The second kappa shape index (κ2) is 5.98. The fraction of sp³-hybridized carbons (Fsp3) is 0.167. The van der Waals surface area contributed by atoms with Crippen molar-refractivity contribution in [3.8, 4) is 0 Å². The maximum absolute atomic E-state index is 12.9. The summed E-state index contributed by atoms with van der Waals surface area (Å²) in [6, 6.07) is 1.77. The zero-order valence-electron chi connectivity index (χ0n) is 10.5. The number of anilines is 1. The normalized spacial score (nSPS) is 11.5. The Bertz CT molecular complexity index is 659. The first-order valence-corrected chi connectivity index (χ1v) is 7.09. The van der Waals surface area contributed by atoms with Crippen molar-refractivity contribution in [2.45, 2.75) is 11.1 Å². The molecule has 9 heteroatoms. The third-order valence-corrected chi connectivity index (χ3v) is 3.84. The highest BCUT2D eigenvalue weighted by Gasteiger charge is 2.35. The average Bonchev–Trinajstić information content (AvgIpc) is 2.89. The number of hydrogen-bond acceptors (Lipinski definition) is 4. The molecule has 1 amide bonds. The topological polar surface area (TPSA) is 55.1 Å². The van der Waals surface area contributed by atoms with E-state index in [0.29, 0.717) is 0 Å². The van der Waals surface area contributed by atoms with E-state index in [4.69, 9.17) is 16.0 Å². The van der Waals surface area contributed by atoms with E-state index in [1.165, 1.54) is 18.7 Å². The fourth-order valence-corrected chi connectivity index (χ4v) is 2.78. The number of amides is 1. The van der Waals surface area contributed by atoms with Gasteiger partial charge in [0.2, 0.25) is 0 Å². The van der Waals surface area contributed by atoms with Crippen LogP contribution >= 0.6 is 23.4 Å². The molecule has 0 spiro atoms. The summed E-state index contributed by atoms with van der Waals surface area (Å²) in [6.07, 6.45) is -0.527. The van der Waals surface area contributed by atoms with Crippen LogP contribution in [0, 0.1) is 0 Å². The standard InChI is InChI=1S/C12H8ClF3N2O2S/c1-21-9-7(12(14,15)16)3-2-6(8(9)13)10(19)18-11-17-4-5-20-11/h2-5H,1H3,(H,17,18,19). The van der Waals surface area contributed by atoms with Crippen LogP contribution in [0.15, 0.2) is 33.9 Å². The summed E-state index contributed by atoms with van der Waals surface area (Å²) in [5.41, 5.74) is -0.972. The summed E-state index contributed by atoms with van der Waals surface area (Å²) in [5, 5.41) is 2.03. The van der Waals surface area contributed by atoms with Crippen LogP contribution in [-0.2, 0) is 6.18 Å². The van der Waals surface area contributed by atoms with Crippen LogP contribution in [0.1, 0.15) is 15.9 Å². The van der Waals surface area contributed by atoms with E-state index in [2.05, 4.69) is 10.3 Å². The predicted molar refractivity (Wildman–Crippen MR) is 72.7 cm³/mol. The number of nitrogens with zero attached hydrogens (tertiary/aromatic N) is 1. The number of rotatable bonds is 3. The summed E-state index contributed by atoms with van der Waals surface area (Å²) in [4.78, 5) is 15.5. The number of nitrogens with one attached hydrogen (secondary N) is 1. The fourth-order valence-electron chi connectivity index (χ4n) is 1.60. The Hall–Kier alpha value is -1.67. The molecule has 0 unspecified atom stereocenters. The Balaban J connectivity index is 2.40. The van der Waals surface area contributed by atoms with E-state index in [9.17, 15) is 18.0 Å². The average molecular weight is 337 g/mol. The number of carbonyl (C=O) groups excluding carboxylic acids is 1. The lowest BCUT2D eigenvalue weighted by Crippen LogP contribution is -2.15. The van der Waals surface area contributed by atoms with Gasteiger partial charge >= 0.3 is 12.2 Å². The molecule has 2 aromatic rings. The Morgan fingerprint density at radius 1 is 1.43 bits per heavy atom. The molecular weight excluding hydrogens is 329 g/mol. The van der Waals surface area contributed by atoms with Gasteiger partial charge in [0.25, 0.3) is 5.91 Å². The molecule has 1 heterocycles. The van der Waals surface area contributed by atoms with Gasteiger partial charge < -0.3 is 4.42 Å². The van der Waals surface area contributed by atoms with E-state index in [0.717, 1.165) is 23.9 Å². The van der Waals surface area contributed by atoms with Crippen molar-refractivity contribution >= 4 is 35.3 Å². The monoisotopic (exact) mass is 336 g/mol. The molecule has 0 fully saturated rings. The van der Waals surface area contributed by atoms with E-state index >= 15 is 0 Å². The lowest BCUT2D eigenvalue weighted by Gasteiger charge is -2.14.